The summed E-state index contributed by atoms with van der Waals surface area (Å²) < 4.78 is 0. The average Bonchev–Trinajstić information content (AvgIpc) is 4.15. The molecule has 4 aromatic rings. The predicted molar refractivity (Wildman–Crippen MR) is 237 cm³/mol. The van der Waals surface area contributed by atoms with Crippen molar-refractivity contribution >= 4 is 40.9 Å². The quantitative estimate of drug-likeness (QED) is 0.0766. The van der Waals surface area contributed by atoms with Crippen molar-refractivity contribution in [2.75, 3.05) is 52.4 Å². The van der Waals surface area contributed by atoms with Gasteiger partial charge < -0.3 is 41.7 Å². The fourth-order valence-electron chi connectivity index (χ4n) is 8.62. The third kappa shape index (κ3) is 12.7. The summed E-state index contributed by atoms with van der Waals surface area (Å²) in [6.07, 6.45) is 0. The molecule has 0 aliphatic carbocycles. The number of aryl methyl sites for hydroxylation is 1. The third-order valence-corrected chi connectivity index (χ3v) is 12.2. The summed E-state index contributed by atoms with van der Waals surface area (Å²) in [6, 6.07) is 26.7. The number of carboxylic acid groups (broad SMARTS) is 4. The van der Waals surface area contributed by atoms with Crippen LogP contribution < -0.4 is 21.3 Å². The fraction of sp³-hybridized carbons (Fsp3) is 0.378. The first-order valence-electron chi connectivity index (χ1n) is 21.0. The molecule has 4 saturated heterocycles. The minimum Gasteiger partial charge on any atom is -0.481 e. The van der Waals surface area contributed by atoms with Gasteiger partial charge in [0.05, 0.1) is 38.4 Å². The Hall–Kier alpha value is -7.20. The van der Waals surface area contributed by atoms with Gasteiger partial charge in [-0.05, 0) is 23.6 Å². The summed E-state index contributed by atoms with van der Waals surface area (Å²) in [4.78, 5) is 74.8. The third-order valence-electron chi connectivity index (χ3n) is 12.2. The smallest absolute Gasteiger partial charge is 0.308 e. The van der Waals surface area contributed by atoms with Crippen molar-refractivity contribution in [2.24, 2.45) is 23.7 Å². The highest BCUT2D eigenvalue weighted by atomic mass is 16.6. The van der Waals surface area contributed by atoms with E-state index in [-0.39, 0.29) is 46.7 Å². The summed E-state index contributed by atoms with van der Waals surface area (Å²) >= 11 is 0. The molecule has 4 aliphatic rings. The number of nitrogens with zero attached hydrogens (tertiary/aromatic N) is 3. The second kappa shape index (κ2) is 23.1. The van der Waals surface area contributed by atoms with Crippen molar-refractivity contribution in [3.8, 4) is 0 Å². The molecule has 0 bridgehead atoms. The molecule has 8 unspecified atom stereocenters. The Morgan fingerprint density at radius 3 is 1.27 bits per heavy atom. The molecule has 4 heterocycles. The molecule has 4 aromatic carbocycles. The zero-order chi connectivity index (χ0) is 48.1. The molecule has 8 rings (SSSR count). The lowest BCUT2D eigenvalue weighted by Crippen LogP contribution is -2.21. The van der Waals surface area contributed by atoms with E-state index >= 15 is 0 Å². The zero-order valence-electron chi connectivity index (χ0n) is 35.7. The van der Waals surface area contributed by atoms with Crippen LogP contribution in [0.1, 0.15) is 51.5 Å². The Kier molecular flexibility index (Phi) is 17.5. The molecular weight excluding hydrogens is 863 g/mol. The maximum Gasteiger partial charge on any atom is 0.308 e. The summed E-state index contributed by atoms with van der Waals surface area (Å²) in [5.41, 5.74) is 4.37. The molecule has 21 nitrogen and oxygen atoms in total. The SMILES string of the molecule is Cc1ccc(C2CNCC2C(=O)O)cc1.O=C(O)C1CNCC1c1ccc([N+](=O)[O-])cc1.O=C(O)C1CNCC1c1cccc([N+](=O)[O-])c1.O=C(O)C1CNCC1c1ccccc1[N+](=O)[O-]. The van der Waals surface area contributed by atoms with E-state index in [1.54, 1.807) is 42.5 Å². The van der Waals surface area contributed by atoms with Crippen molar-refractivity contribution in [3.05, 3.63) is 155 Å². The summed E-state index contributed by atoms with van der Waals surface area (Å²) in [6.45, 7) is 6.17. The highest BCUT2D eigenvalue weighted by Gasteiger charge is 2.38. The van der Waals surface area contributed by atoms with E-state index in [9.17, 15) is 49.5 Å². The summed E-state index contributed by atoms with van der Waals surface area (Å²) in [5, 5.41) is 80.4. The van der Waals surface area contributed by atoms with Gasteiger partial charge in [0.15, 0.2) is 0 Å². The predicted octanol–water partition coefficient (Wildman–Crippen LogP) is 4.33. The topological polar surface area (TPSA) is 327 Å². The number of nitro groups is 3. The van der Waals surface area contributed by atoms with Crippen molar-refractivity contribution in [1.29, 1.82) is 0 Å². The highest BCUT2D eigenvalue weighted by Crippen LogP contribution is 2.35. The van der Waals surface area contributed by atoms with Crippen molar-refractivity contribution in [3.63, 3.8) is 0 Å². The van der Waals surface area contributed by atoms with Gasteiger partial charge in [-0.15, -0.1) is 0 Å². The number of nitrogens with one attached hydrogen (secondary N) is 4. The molecule has 350 valence electrons. The second-order valence-electron chi connectivity index (χ2n) is 16.3. The van der Waals surface area contributed by atoms with Gasteiger partial charge in [-0.2, -0.15) is 0 Å². The van der Waals surface area contributed by atoms with E-state index in [1.165, 1.54) is 35.9 Å². The molecule has 4 aliphatic heterocycles. The van der Waals surface area contributed by atoms with E-state index in [0.717, 1.165) is 17.7 Å². The molecule has 4 fully saturated rings. The van der Waals surface area contributed by atoms with Crippen LogP contribution >= 0.6 is 0 Å². The molecule has 0 spiro atoms. The number of hydrogen-bond acceptors (Lipinski definition) is 14. The van der Waals surface area contributed by atoms with Crippen LogP contribution in [-0.4, -0.2) is 111 Å². The van der Waals surface area contributed by atoms with E-state index < -0.39 is 56.4 Å². The molecule has 0 aromatic heterocycles. The van der Waals surface area contributed by atoms with Gasteiger partial charge in [-0.3, -0.25) is 49.5 Å². The maximum atomic E-state index is 11.1. The van der Waals surface area contributed by atoms with Crippen molar-refractivity contribution < 1.29 is 54.4 Å². The lowest BCUT2D eigenvalue weighted by atomic mass is 9.88. The maximum absolute atomic E-state index is 11.1. The van der Waals surface area contributed by atoms with Gasteiger partial charge in [0.25, 0.3) is 17.1 Å². The van der Waals surface area contributed by atoms with E-state index in [2.05, 4.69) is 21.3 Å². The number of benzene rings is 4. The molecule has 0 amide bonds. The fourth-order valence-corrected chi connectivity index (χ4v) is 8.62. The number of non-ortho nitro benzene ring substituents is 2. The van der Waals surface area contributed by atoms with Crippen molar-refractivity contribution in [1.82, 2.24) is 21.3 Å². The average molecular weight is 914 g/mol. The van der Waals surface area contributed by atoms with Gasteiger partial charge >= 0.3 is 23.9 Å². The Bertz CT molecular complexity index is 2380. The molecule has 8 atom stereocenters. The first-order valence-corrected chi connectivity index (χ1v) is 21.0. The normalized spacial score (nSPS) is 24.0. The summed E-state index contributed by atoms with van der Waals surface area (Å²) in [7, 11) is 0. The minimum absolute atomic E-state index is 0.00135. The highest BCUT2D eigenvalue weighted by molar-refractivity contribution is 5.74. The molecule has 0 radical (unpaired) electrons. The number of rotatable bonds is 11. The monoisotopic (exact) mass is 913 g/mol. The Balaban J connectivity index is 0.000000165. The van der Waals surface area contributed by atoms with Crippen LogP contribution in [0, 0.1) is 60.9 Å². The van der Waals surface area contributed by atoms with Crippen LogP contribution in [0.15, 0.2) is 97.1 Å². The zero-order valence-corrected chi connectivity index (χ0v) is 35.7. The largest absolute Gasteiger partial charge is 0.481 e. The number of aliphatic carboxylic acids is 4. The number of carboxylic acids is 4. The van der Waals surface area contributed by atoms with Gasteiger partial charge in [-0.25, -0.2) is 0 Å². The van der Waals surface area contributed by atoms with Crippen LogP contribution in [0.3, 0.4) is 0 Å². The Labute approximate surface area is 377 Å². The number of para-hydroxylation sites is 1. The van der Waals surface area contributed by atoms with Crippen LogP contribution in [-0.2, 0) is 19.2 Å². The van der Waals surface area contributed by atoms with E-state index in [0.29, 0.717) is 56.9 Å². The Morgan fingerprint density at radius 2 is 0.848 bits per heavy atom. The van der Waals surface area contributed by atoms with Crippen LogP contribution in [0.2, 0.25) is 0 Å². The lowest BCUT2D eigenvalue weighted by molar-refractivity contribution is -0.385. The number of hydrogen-bond donors (Lipinski definition) is 8. The second-order valence-corrected chi connectivity index (χ2v) is 16.3. The van der Waals surface area contributed by atoms with E-state index in [1.807, 2.05) is 31.2 Å². The van der Waals surface area contributed by atoms with Crippen molar-refractivity contribution in [2.45, 2.75) is 30.6 Å². The molecule has 21 heteroatoms. The van der Waals surface area contributed by atoms with Crippen LogP contribution in [0.25, 0.3) is 0 Å². The number of nitro benzene ring substituents is 3. The lowest BCUT2D eigenvalue weighted by Gasteiger charge is -2.14. The standard InChI is InChI=1S/C12H15NO2.3C11H12N2O4/c1-8-2-4-9(5-3-8)10-6-13-7-11(10)12(14)15;14-11(15)10-6-12-5-9(10)7-1-3-8(4-2-7)13(16)17;14-11(15)10-6-12-5-9(10)7-2-1-3-8(4-7)13(16)17;14-11(15)9-6-12-5-8(9)7-3-1-2-4-10(7)13(16)17/h2-5,10-11,13H,6-7H2,1H3,(H,14,15);2*1-4,9-10,12H,5-6H2,(H,14,15);1-4,8-9,12H,5-6H2,(H,14,15). The minimum atomic E-state index is -0.918. The molecule has 0 saturated carbocycles. The van der Waals surface area contributed by atoms with Gasteiger partial charge in [0, 0.05) is 112 Å². The summed E-state index contributed by atoms with van der Waals surface area (Å²) in [5.74, 6) is -5.73. The van der Waals surface area contributed by atoms with E-state index in [4.69, 9.17) is 20.4 Å². The molecule has 66 heavy (non-hydrogen) atoms. The first-order chi connectivity index (χ1) is 31.5. The Morgan fingerprint density at radius 1 is 0.455 bits per heavy atom. The van der Waals surface area contributed by atoms with Crippen LogP contribution in [0.4, 0.5) is 17.1 Å². The van der Waals surface area contributed by atoms with Gasteiger partial charge in [0.1, 0.15) is 0 Å². The van der Waals surface area contributed by atoms with Gasteiger partial charge in [-0.1, -0.05) is 72.3 Å². The molecular formula is C45H51N7O14. The first kappa shape index (κ1) is 49.8. The molecule has 8 N–H and O–H groups in total. The van der Waals surface area contributed by atoms with Gasteiger partial charge in [0.2, 0.25) is 0 Å². The number of carbonyl (C=O) groups is 4. The van der Waals surface area contributed by atoms with Crippen LogP contribution in [0.5, 0.6) is 0 Å².